The number of hydrogen-bond acceptors (Lipinski definition) is 4. The number of nitrogens with two attached hydrogens (primary N) is 1. The number of rotatable bonds is 7. The van der Waals surface area contributed by atoms with Gasteiger partial charge in [0.25, 0.3) is 5.91 Å². The van der Waals surface area contributed by atoms with Gasteiger partial charge in [-0.25, -0.2) is 0 Å². The van der Waals surface area contributed by atoms with E-state index in [0.29, 0.717) is 18.5 Å². The lowest BCUT2D eigenvalue weighted by atomic mass is 9.73. The molecule has 3 aromatic rings. The van der Waals surface area contributed by atoms with Gasteiger partial charge in [0.2, 0.25) is 5.91 Å². The highest BCUT2D eigenvalue weighted by atomic mass is 19.4. The van der Waals surface area contributed by atoms with Crippen LogP contribution in [0.3, 0.4) is 0 Å². The molecule has 1 aliphatic rings. The van der Waals surface area contributed by atoms with Crippen molar-refractivity contribution in [3.63, 3.8) is 0 Å². The van der Waals surface area contributed by atoms with Gasteiger partial charge in [-0.3, -0.25) is 9.59 Å². The standard InChI is InChI=1S/C30H32F3N3O3/c1-19(37)35-24-12-10-21(11-13-24)22-7-5-6-20(16-22)18-29(39,23-8-3-2-4-9-23)28(38)36-25-14-15-27(34)26(17-25)30(31,32)33/h5-7,10-17,23,39H,2-4,8-9,18,34H2,1H3,(H,35,37)(H,36,38). The van der Waals surface area contributed by atoms with Crippen LogP contribution in [0.2, 0.25) is 0 Å². The highest BCUT2D eigenvalue weighted by Gasteiger charge is 2.44. The lowest BCUT2D eigenvalue weighted by Gasteiger charge is -2.37. The first-order valence-electron chi connectivity index (χ1n) is 12.9. The highest BCUT2D eigenvalue weighted by molar-refractivity contribution is 5.98. The number of anilines is 3. The van der Waals surface area contributed by atoms with Crippen LogP contribution >= 0.6 is 0 Å². The summed E-state index contributed by atoms with van der Waals surface area (Å²) >= 11 is 0. The molecule has 1 saturated carbocycles. The van der Waals surface area contributed by atoms with Crippen LogP contribution in [0.4, 0.5) is 30.2 Å². The molecule has 9 heteroatoms. The third kappa shape index (κ3) is 6.78. The predicted molar refractivity (Wildman–Crippen MR) is 146 cm³/mol. The molecule has 1 aliphatic carbocycles. The molecule has 0 radical (unpaired) electrons. The van der Waals surface area contributed by atoms with Gasteiger partial charge >= 0.3 is 6.18 Å². The Hall–Kier alpha value is -3.85. The molecule has 0 spiro atoms. The van der Waals surface area contributed by atoms with Crippen molar-refractivity contribution >= 4 is 28.9 Å². The first kappa shape index (κ1) is 28.2. The summed E-state index contributed by atoms with van der Waals surface area (Å²) < 4.78 is 40.1. The predicted octanol–water partition coefficient (Wildman–Crippen LogP) is 6.41. The Labute approximate surface area is 225 Å². The van der Waals surface area contributed by atoms with Crippen LogP contribution in [-0.4, -0.2) is 22.5 Å². The van der Waals surface area contributed by atoms with Crippen LogP contribution in [0, 0.1) is 5.92 Å². The number of carbonyl (C=O) groups excluding carboxylic acids is 2. The van der Waals surface area contributed by atoms with Crippen molar-refractivity contribution in [3.8, 4) is 11.1 Å². The smallest absolute Gasteiger partial charge is 0.398 e. The first-order chi connectivity index (χ1) is 18.5. The SMILES string of the molecule is CC(=O)Nc1ccc(-c2cccc(CC(O)(C(=O)Nc3ccc(N)c(C(F)(F)F)c3)C3CCCCC3)c2)cc1. The van der Waals surface area contributed by atoms with Crippen molar-refractivity contribution in [3.05, 3.63) is 77.9 Å². The summed E-state index contributed by atoms with van der Waals surface area (Å²) in [6.07, 6.45) is -0.658. The van der Waals surface area contributed by atoms with E-state index in [1.807, 2.05) is 36.4 Å². The molecule has 4 rings (SSSR count). The number of carbonyl (C=O) groups is 2. The second kappa shape index (κ2) is 11.5. The van der Waals surface area contributed by atoms with Crippen molar-refractivity contribution in [2.75, 3.05) is 16.4 Å². The topological polar surface area (TPSA) is 104 Å². The lowest BCUT2D eigenvalue weighted by Crippen LogP contribution is -2.51. The summed E-state index contributed by atoms with van der Waals surface area (Å²) in [5.41, 5.74) is 5.25. The fourth-order valence-electron chi connectivity index (χ4n) is 5.23. The summed E-state index contributed by atoms with van der Waals surface area (Å²) in [6, 6.07) is 17.9. The fraction of sp³-hybridized carbons (Fsp3) is 0.333. The zero-order valence-corrected chi connectivity index (χ0v) is 21.6. The van der Waals surface area contributed by atoms with Crippen LogP contribution in [0.15, 0.2) is 66.7 Å². The number of nitrogens with one attached hydrogen (secondary N) is 2. The Kier molecular flexibility index (Phi) is 8.30. The zero-order chi connectivity index (χ0) is 28.2. The summed E-state index contributed by atoms with van der Waals surface area (Å²) in [6.45, 7) is 1.43. The van der Waals surface area contributed by atoms with E-state index in [2.05, 4.69) is 10.6 Å². The molecule has 0 saturated heterocycles. The summed E-state index contributed by atoms with van der Waals surface area (Å²) in [7, 11) is 0. The van der Waals surface area contributed by atoms with Crippen LogP contribution in [0.25, 0.3) is 11.1 Å². The molecule has 1 unspecified atom stereocenters. The average Bonchev–Trinajstić information content (AvgIpc) is 2.90. The number of nitrogen functional groups attached to an aromatic ring is 1. The van der Waals surface area contributed by atoms with Crippen LogP contribution < -0.4 is 16.4 Å². The van der Waals surface area contributed by atoms with Gasteiger partial charge in [0.1, 0.15) is 5.60 Å². The van der Waals surface area contributed by atoms with E-state index in [1.165, 1.54) is 13.0 Å². The molecule has 3 aromatic carbocycles. The van der Waals surface area contributed by atoms with Crippen molar-refractivity contribution in [2.24, 2.45) is 5.92 Å². The second-order valence-corrected chi connectivity index (χ2v) is 10.1. The maximum Gasteiger partial charge on any atom is 0.418 e. The van der Waals surface area contributed by atoms with Crippen LogP contribution in [0.1, 0.15) is 50.2 Å². The summed E-state index contributed by atoms with van der Waals surface area (Å²) in [5, 5.41) is 17.1. The van der Waals surface area contributed by atoms with E-state index in [1.54, 1.807) is 12.1 Å². The Morgan fingerprint density at radius 3 is 2.21 bits per heavy atom. The lowest BCUT2D eigenvalue weighted by molar-refractivity contribution is -0.142. The monoisotopic (exact) mass is 539 g/mol. The molecule has 0 heterocycles. The molecule has 5 N–H and O–H groups in total. The van der Waals surface area contributed by atoms with Crippen LogP contribution in [0.5, 0.6) is 0 Å². The third-order valence-electron chi connectivity index (χ3n) is 7.23. The highest BCUT2D eigenvalue weighted by Crippen LogP contribution is 2.38. The van der Waals surface area contributed by atoms with E-state index in [4.69, 9.17) is 5.73 Å². The van der Waals surface area contributed by atoms with Gasteiger partial charge in [0, 0.05) is 30.4 Å². The van der Waals surface area contributed by atoms with Gasteiger partial charge < -0.3 is 21.5 Å². The minimum absolute atomic E-state index is 0.00240. The van der Waals surface area contributed by atoms with Gasteiger partial charge in [0.05, 0.1) is 5.56 Å². The van der Waals surface area contributed by atoms with E-state index >= 15 is 0 Å². The summed E-state index contributed by atoms with van der Waals surface area (Å²) in [5.74, 6) is -1.25. The van der Waals surface area contributed by atoms with E-state index in [9.17, 15) is 27.9 Å². The Morgan fingerprint density at radius 1 is 0.897 bits per heavy atom. The van der Waals surface area contributed by atoms with E-state index in [0.717, 1.165) is 48.1 Å². The molecule has 0 bridgehead atoms. The van der Waals surface area contributed by atoms with E-state index < -0.39 is 28.9 Å². The quantitative estimate of drug-likeness (QED) is 0.261. The number of halogens is 3. The Balaban J connectivity index is 1.61. The number of alkyl halides is 3. The van der Waals surface area contributed by atoms with E-state index in [-0.39, 0.29) is 23.9 Å². The largest absolute Gasteiger partial charge is 0.418 e. The normalized spacial score (nSPS) is 15.8. The van der Waals surface area contributed by atoms with Crippen molar-refractivity contribution in [1.82, 2.24) is 0 Å². The van der Waals surface area contributed by atoms with Crippen molar-refractivity contribution in [1.29, 1.82) is 0 Å². The third-order valence-corrected chi connectivity index (χ3v) is 7.23. The molecular weight excluding hydrogens is 507 g/mol. The molecule has 1 atom stereocenters. The number of hydrogen-bond donors (Lipinski definition) is 4. The minimum Gasteiger partial charge on any atom is -0.398 e. The Morgan fingerprint density at radius 2 is 1.56 bits per heavy atom. The molecule has 39 heavy (non-hydrogen) atoms. The van der Waals surface area contributed by atoms with Gasteiger partial charge in [-0.1, -0.05) is 55.7 Å². The van der Waals surface area contributed by atoms with Crippen molar-refractivity contribution < 1.29 is 27.9 Å². The second-order valence-electron chi connectivity index (χ2n) is 10.1. The van der Waals surface area contributed by atoms with Crippen LogP contribution in [-0.2, 0) is 22.2 Å². The van der Waals surface area contributed by atoms with Gasteiger partial charge in [0.15, 0.2) is 0 Å². The molecule has 0 aromatic heterocycles. The summed E-state index contributed by atoms with van der Waals surface area (Å²) in [4.78, 5) is 24.9. The number of aliphatic hydroxyl groups is 1. The fourth-order valence-corrected chi connectivity index (χ4v) is 5.23. The average molecular weight is 540 g/mol. The molecule has 0 aliphatic heterocycles. The molecule has 206 valence electrons. The number of benzene rings is 3. The van der Waals surface area contributed by atoms with Gasteiger partial charge in [-0.2, -0.15) is 13.2 Å². The van der Waals surface area contributed by atoms with Gasteiger partial charge in [-0.05, 0) is 65.8 Å². The maximum atomic E-state index is 13.6. The van der Waals surface area contributed by atoms with Gasteiger partial charge in [-0.15, -0.1) is 0 Å². The molecule has 6 nitrogen and oxygen atoms in total. The first-order valence-corrected chi connectivity index (χ1v) is 12.9. The zero-order valence-electron chi connectivity index (χ0n) is 21.6. The molecule has 1 fully saturated rings. The maximum absolute atomic E-state index is 13.6. The number of amides is 2. The van der Waals surface area contributed by atoms with Crippen molar-refractivity contribution in [2.45, 2.75) is 57.2 Å². The molecule has 2 amide bonds. The minimum atomic E-state index is -4.68. The molecular formula is C30H32F3N3O3. The Bertz CT molecular complexity index is 1340.